The highest BCUT2D eigenvalue weighted by Crippen LogP contribution is 2.20. The monoisotopic (exact) mass is 324 g/mol. The molecule has 8 nitrogen and oxygen atoms in total. The summed E-state index contributed by atoms with van der Waals surface area (Å²) >= 11 is 0. The van der Waals surface area contributed by atoms with Crippen LogP contribution in [-0.4, -0.2) is 37.4 Å². The van der Waals surface area contributed by atoms with Gasteiger partial charge in [0, 0.05) is 42.1 Å². The number of hydrazine groups is 1. The highest BCUT2D eigenvalue weighted by molar-refractivity contribution is 6.05. The lowest BCUT2D eigenvalue weighted by Gasteiger charge is -2.16. The summed E-state index contributed by atoms with van der Waals surface area (Å²) < 4.78 is 1.62. The van der Waals surface area contributed by atoms with Crippen LogP contribution in [0.2, 0.25) is 0 Å². The molecule has 0 bridgehead atoms. The van der Waals surface area contributed by atoms with Crippen LogP contribution in [0.4, 0.5) is 5.69 Å². The van der Waals surface area contributed by atoms with E-state index in [4.69, 9.17) is 10.9 Å². The average molecular weight is 324 g/mol. The van der Waals surface area contributed by atoms with E-state index in [-0.39, 0.29) is 12.5 Å². The molecule has 3 rings (SSSR count). The lowest BCUT2D eigenvalue weighted by Crippen LogP contribution is -2.37. The molecule has 0 aliphatic rings. The van der Waals surface area contributed by atoms with Crippen molar-refractivity contribution in [3.8, 4) is 11.1 Å². The summed E-state index contributed by atoms with van der Waals surface area (Å²) in [6.45, 7) is 0.413. The lowest BCUT2D eigenvalue weighted by atomic mass is 10.1. The SMILES string of the molecule is NN(C(=O)c1cncc(-c2cnn(CCO)c2)c1)c1ccncc1. The van der Waals surface area contributed by atoms with Crippen LogP contribution in [0.25, 0.3) is 11.1 Å². The van der Waals surface area contributed by atoms with Gasteiger partial charge in [-0.25, -0.2) is 10.9 Å². The van der Waals surface area contributed by atoms with Crippen molar-refractivity contribution in [1.82, 2.24) is 19.7 Å². The van der Waals surface area contributed by atoms with E-state index in [1.807, 2.05) is 0 Å². The third kappa shape index (κ3) is 3.29. The van der Waals surface area contributed by atoms with E-state index >= 15 is 0 Å². The third-order valence-electron chi connectivity index (χ3n) is 3.44. The number of aliphatic hydroxyl groups excluding tert-OH is 1. The molecule has 0 aliphatic heterocycles. The molecule has 0 radical (unpaired) electrons. The molecule has 0 fully saturated rings. The number of carbonyl (C=O) groups excluding carboxylic acids is 1. The van der Waals surface area contributed by atoms with Crippen molar-refractivity contribution >= 4 is 11.6 Å². The summed E-state index contributed by atoms with van der Waals surface area (Å²) in [5.74, 6) is 5.51. The second kappa shape index (κ2) is 6.99. The fraction of sp³-hybridized carbons (Fsp3) is 0.125. The Bertz CT molecular complexity index is 833. The molecule has 122 valence electrons. The van der Waals surface area contributed by atoms with E-state index in [1.165, 1.54) is 6.20 Å². The molecule has 0 saturated carbocycles. The van der Waals surface area contributed by atoms with Gasteiger partial charge in [-0.1, -0.05) is 0 Å². The normalized spacial score (nSPS) is 10.6. The molecule has 3 N–H and O–H groups in total. The summed E-state index contributed by atoms with van der Waals surface area (Å²) in [6.07, 6.45) is 9.67. The minimum Gasteiger partial charge on any atom is -0.394 e. The van der Waals surface area contributed by atoms with Gasteiger partial charge >= 0.3 is 0 Å². The maximum absolute atomic E-state index is 12.5. The van der Waals surface area contributed by atoms with Crippen molar-refractivity contribution in [2.24, 2.45) is 5.84 Å². The average Bonchev–Trinajstić information content (AvgIpc) is 3.10. The standard InChI is InChI=1S/C16H16N6O2/c17-22(15-1-3-18-4-2-15)16(24)13-7-12(8-19-9-13)14-10-20-21(11-14)5-6-23/h1-4,7-11,23H,5-6,17H2. The quantitative estimate of drug-likeness (QED) is 0.409. The number of hydrogen-bond donors (Lipinski definition) is 2. The maximum Gasteiger partial charge on any atom is 0.274 e. The van der Waals surface area contributed by atoms with Gasteiger partial charge in [0.25, 0.3) is 5.91 Å². The van der Waals surface area contributed by atoms with Crippen LogP contribution in [0.1, 0.15) is 10.4 Å². The molecule has 0 spiro atoms. The van der Waals surface area contributed by atoms with Gasteiger partial charge in [0.15, 0.2) is 0 Å². The molecule has 3 aromatic rings. The Kier molecular flexibility index (Phi) is 4.59. The maximum atomic E-state index is 12.5. The molecular formula is C16H16N6O2. The summed E-state index contributed by atoms with van der Waals surface area (Å²) in [6, 6.07) is 5.00. The zero-order chi connectivity index (χ0) is 16.9. The zero-order valence-corrected chi connectivity index (χ0v) is 12.8. The van der Waals surface area contributed by atoms with Crippen LogP contribution in [0.3, 0.4) is 0 Å². The number of carbonyl (C=O) groups is 1. The Labute approximate surface area is 138 Å². The molecule has 0 aliphatic carbocycles. The third-order valence-corrected chi connectivity index (χ3v) is 3.44. The van der Waals surface area contributed by atoms with Crippen molar-refractivity contribution in [2.75, 3.05) is 11.6 Å². The Morgan fingerprint density at radius 1 is 1.17 bits per heavy atom. The number of anilines is 1. The molecule has 24 heavy (non-hydrogen) atoms. The first-order valence-corrected chi connectivity index (χ1v) is 7.27. The number of nitrogens with two attached hydrogens (primary N) is 1. The summed E-state index contributed by atoms with van der Waals surface area (Å²) in [4.78, 5) is 20.5. The largest absolute Gasteiger partial charge is 0.394 e. The molecular weight excluding hydrogens is 308 g/mol. The van der Waals surface area contributed by atoms with Crippen LogP contribution in [0.5, 0.6) is 0 Å². The topological polar surface area (TPSA) is 110 Å². The molecule has 0 atom stereocenters. The molecule has 3 aromatic heterocycles. The van der Waals surface area contributed by atoms with Gasteiger partial charge in [0.1, 0.15) is 0 Å². The molecule has 8 heteroatoms. The van der Waals surface area contributed by atoms with Crippen molar-refractivity contribution in [1.29, 1.82) is 0 Å². The lowest BCUT2D eigenvalue weighted by molar-refractivity contribution is 0.0986. The second-order valence-corrected chi connectivity index (χ2v) is 5.06. The fourth-order valence-electron chi connectivity index (χ4n) is 2.21. The summed E-state index contributed by atoms with van der Waals surface area (Å²) in [5, 5.41) is 14.1. The van der Waals surface area contributed by atoms with Crippen molar-refractivity contribution in [3.63, 3.8) is 0 Å². The van der Waals surface area contributed by atoms with Crippen LogP contribution >= 0.6 is 0 Å². The highest BCUT2D eigenvalue weighted by atomic mass is 16.3. The Morgan fingerprint density at radius 3 is 2.71 bits per heavy atom. The van der Waals surface area contributed by atoms with E-state index in [0.717, 1.165) is 16.1 Å². The number of hydrogen-bond acceptors (Lipinski definition) is 6. The van der Waals surface area contributed by atoms with Gasteiger partial charge in [-0.15, -0.1) is 0 Å². The van der Waals surface area contributed by atoms with E-state index in [0.29, 0.717) is 17.8 Å². The van der Waals surface area contributed by atoms with Gasteiger partial charge in [-0.3, -0.25) is 19.4 Å². The summed E-state index contributed by atoms with van der Waals surface area (Å²) in [7, 11) is 0. The van der Waals surface area contributed by atoms with Crippen molar-refractivity contribution < 1.29 is 9.90 Å². The zero-order valence-electron chi connectivity index (χ0n) is 12.8. The van der Waals surface area contributed by atoms with Gasteiger partial charge in [-0.2, -0.15) is 5.10 Å². The van der Waals surface area contributed by atoms with Gasteiger partial charge in [0.2, 0.25) is 0 Å². The molecule has 0 aromatic carbocycles. The number of aliphatic hydroxyl groups is 1. The van der Waals surface area contributed by atoms with E-state index in [1.54, 1.807) is 53.9 Å². The smallest absolute Gasteiger partial charge is 0.274 e. The van der Waals surface area contributed by atoms with E-state index in [2.05, 4.69) is 15.1 Å². The number of pyridine rings is 2. The molecule has 3 heterocycles. The van der Waals surface area contributed by atoms with Crippen LogP contribution in [0.15, 0.2) is 55.4 Å². The predicted octanol–water partition coefficient (Wildman–Crippen LogP) is 0.853. The number of nitrogens with zero attached hydrogens (tertiary/aromatic N) is 5. The fourth-order valence-corrected chi connectivity index (χ4v) is 2.21. The van der Waals surface area contributed by atoms with E-state index < -0.39 is 0 Å². The second-order valence-electron chi connectivity index (χ2n) is 5.06. The first-order valence-electron chi connectivity index (χ1n) is 7.27. The minimum atomic E-state index is -0.377. The Hall–Kier alpha value is -3.10. The Morgan fingerprint density at radius 2 is 1.96 bits per heavy atom. The van der Waals surface area contributed by atoms with Gasteiger partial charge < -0.3 is 5.11 Å². The summed E-state index contributed by atoms with van der Waals surface area (Å²) in [5.41, 5.74) is 2.45. The number of rotatable bonds is 5. The Balaban J connectivity index is 1.85. The minimum absolute atomic E-state index is 0.00591. The number of amides is 1. The first kappa shape index (κ1) is 15.8. The van der Waals surface area contributed by atoms with Crippen LogP contribution in [-0.2, 0) is 6.54 Å². The van der Waals surface area contributed by atoms with E-state index in [9.17, 15) is 4.79 Å². The van der Waals surface area contributed by atoms with Gasteiger partial charge in [-0.05, 0) is 18.2 Å². The first-order chi connectivity index (χ1) is 11.7. The van der Waals surface area contributed by atoms with Gasteiger partial charge in [0.05, 0.1) is 30.6 Å². The van der Waals surface area contributed by atoms with Crippen molar-refractivity contribution in [3.05, 3.63) is 60.9 Å². The highest BCUT2D eigenvalue weighted by Gasteiger charge is 2.15. The molecule has 1 amide bonds. The van der Waals surface area contributed by atoms with Crippen LogP contribution < -0.4 is 10.9 Å². The molecule has 0 unspecified atom stereocenters. The molecule has 0 saturated heterocycles. The van der Waals surface area contributed by atoms with Crippen molar-refractivity contribution in [2.45, 2.75) is 6.54 Å². The predicted molar refractivity (Wildman–Crippen MR) is 87.8 cm³/mol. The number of aromatic nitrogens is 4. The van der Waals surface area contributed by atoms with Crippen LogP contribution in [0, 0.1) is 0 Å².